The minimum absolute atomic E-state index is 0.115. The number of nitrogens with zero attached hydrogens (tertiary/aromatic N) is 2. The monoisotopic (exact) mass is 318 g/mol. The van der Waals surface area contributed by atoms with Gasteiger partial charge in [0, 0.05) is 39.8 Å². The summed E-state index contributed by atoms with van der Waals surface area (Å²) in [5, 5.41) is 0. The van der Waals surface area contributed by atoms with Gasteiger partial charge in [-0.1, -0.05) is 30.3 Å². The van der Waals surface area contributed by atoms with Crippen LogP contribution in [0.2, 0.25) is 0 Å². The summed E-state index contributed by atoms with van der Waals surface area (Å²) in [5.74, 6) is 0.115. The molecule has 0 unspecified atom stereocenters. The summed E-state index contributed by atoms with van der Waals surface area (Å²) in [4.78, 5) is 16.9. The maximum absolute atomic E-state index is 12.7. The van der Waals surface area contributed by atoms with Crippen molar-refractivity contribution in [1.29, 1.82) is 0 Å². The predicted octanol–water partition coefficient (Wildman–Crippen LogP) is 1.52. The van der Waals surface area contributed by atoms with Gasteiger partial charge in [-0.15, -0.1) is 0 Å². The van der Waals surface area contributed by atoms with Gasteiger partial charge in [0.1, 0.15) is 6.10 Å². The maximum atomic E-state index is 12.7. The molecule has 2 saturated heterocycles. The molecular weight excluding hydrogens is 292 g/mol. The number of rotatable bonds is 4. The highest BCUT2D eigenvalue weighted by Gasteiger charge is 2.32. The zero-order valence-electron chi connectivity index (χ0n) is 13.8. The van der Waals surface area contributed by atoms with Crippen LogP contribution in [-0.2, 0) is 20.8 Å². The third kappa shape index (κ3) is 4.31. The Bertz CT molecular complexity index is 508. The first kappa shape index (κ1) is 16.4. The molecule has 1 amide bonds. The van der Waals surface area contributed by atoms with E-state index in [4.69, 9.17) is 9.47 Å². The number of hydrogen-bond donors (Lipinski definition) is 0. The molecule has 0 N–H and O–H groups in total. The van der Waals surface area contributed by atoms with E-state index in [0.29, 0.717) is 19.7 Å². The average molecular weight is 318 g/mol. The van der Waals surface area contributed by atoms with Gasteiger partial charge in [-0.2, -0.15) is 0 Å². The molecule has 5 nitrogen and oxygen atoms in total. The predicted molar refractivity (Wildman–Crippen MR) is 88.1 cm³/mol. The normalized spacial score (nSPS) is 26.2. The highest BCUT2D eigenvalue weighted by molar-refractivity contribution is 5.81. The number of benzene rings is 1. The van der Waals surface area contributed by atoms with Gasteiger partial charge in [-0.25, -0.2) is 0 Å². The lowest BCUT2D eigenvalue weighted by atomic mass is 10.1. The van der Waals surface area contributed by atoms with Crippen LogP contribution in [-0.4, -0.2) is 67.8 Å². The van der Waals surface area contributed by atoms with Crippen LogP contribution in [0.1, 0.15) is 18.4 Å². The third-order valence-electron chi connectivity index (χ3n) is 4.70. The first-order valence-electron chi connectivity index (χ1n) is 8.45. The van der Waals surface area contributed by atoms with E-state index in [-0.39, 0.29) is 18.1 Å². The number of piperidine rings is 1. The van der Waals surface area contributed by atoms with Crippen molar-refractivity contribution in [2.75, 3.05) is 39.9 Å². The van der Waals surface area contributed by atoms with E-state index in [1.165, 1.54) is 5.56 Å². The largest absolute Gasteiger partial charge is 0.380 e. The lowest BCUT2D eigenvalue weighted by Gasteiger charge is -2.37. The summed E-state index contributed by atoms with van der Waals surface area (Å²) < 4.78 is 11.2. The Kier molecular flexibility index (Phi) is 5.65. The van der Waals surface area contributed by atoms with Gasteiger partial charge in [0.2, 0.25) is 0 Å². The molecule has 2 aliphatic rings. The summed E-state index contributed by atoms with van der Waals surface area (Å²) in [6.07, 6.45) is 1.86. The number of carbonyl (C=O) groups is 1. The number of ether oxygens (including phenoxy) is 2. The van der Waals surface area contributed by atoms with Crippen molar-refractivity contribution in [2.45, 2.75) is 31.6 Å². The van der Waals surface area contributed by atoms with E-state index >= 15 is 0 Å². The fourth-order valence-corrected chi connectivity index (χ4v) is 3.37. The Balaban J connectivity index is 1.56. The van der Waals surface area contributed by atoms with E-state index in [0.717, 1.165) is 32.5 Å². The van der Waals surface area contributed by atoms with Crippen LogP contribution in [0.3, 0.4) is 0 Å². The van der Waals surface area contributed by atoms with Crippen molar-refractivity contribution in [3.8, 4) is 0 Å². The Morgan fingerprint density at radius 3 is 2.87 bits per heavy atom. The molecule has 1 aromatic rings. The van der Waals surface area contributed by atoms with Crippen LogP contribution < -0.4 is 0 Å². The van der Waals surface area contributed by atoms with E-state index in [1.54, 1.807) is 7.11 Å². The molecule has 0 spiro atoms. The van der Waals surface area contributed by atoms with Crippen LogP contribution in [0.15, 0.2) is 30.3 Å². The Labute approximate surface area is 138 Å². The highest BCUT2D eigenvalue weighted by atomic mass is 16.5. The van der Waals surface area contributed by atoms with Crippen molar-refractivity contribution in [2.24, 2.45) is 0 Å². The van der Waals surface area contributed by atoms with Gasteiger partial charge in [0.25, 0.3) is 5.91 Å². The molecule has 0 saturated carbocycles. The third-order valence-corrected chi connectivity index (χ3v) is 4.70. The molecule has 126 valence electrons. The number of likely N-dealkylation sites (tertiary alicyclic amines) is 1. The first-order valence-corrected chi connectivity index (χ1v) is 8.45. The molecule has 0 aliphatic carbocycles. The van der Waals surface area contributed by atoms with Gasteiger partial charge >= 0.3 is 0 Å². The standard InChI is InChI=1S/C18H26N2O3/c1-22-16-8-5-9-20(13-16)18(21)17-14-19(10-11-23-17)12-15-6-3-2-4-7-15/h2-4,6-7,16-17H,5,8-14H2,1H3/t16-,17+/m0/s1. The molecule has 5 heteroatoms. The van der Waals surface area contributed by atoms with E-state index in [9.17, 15) is 4.79 Å². The number of amides is 1. The molecule has 23 heavy (non-hydrogen) atoms. The van der Waals surface area contributed by atoms with Gasteiger partial charge < -0.3 is 14.4 Å². The van der Waals surface area contributed by atoms with Gasteiger partial charge in [-0.3, -0.25) is 9.69 Å². The van der Waals surface area contributed by atoms with Crippen LogP contribution in [0.5, 0.6) is 0 Å². The quantitative estimate of drug-likeness (QED) is 0.844. The number of methoxy groups -OCH3 is 1. The Hall–Kier alpha value is -1.43. The molecular formula is C18H26N2O3. The number of carbonyl (C=O) groups excluding carboxylic acids is 1. The fraction of sp³-hybridized carbons (Fsp3) is 0.611. The molecule has 2 atom stereocenters. The zero-order chi connectivity index (χ0) is 16.1. The molecule has 0 aromatic heterocycles. The summed E-state index contributed by atoms with van der Waals surface area (Å²) in [5.41, 5.74) is 1.28. The van der Waals surface area contributed by atoms with Crippen LogP contribution >= 0.6 is 0 Å². The van der Waals surface area contributed by atoms with Crippen LogP contribution in [0, 0.1) is 0 Å². The maximum Gasteiger partial charge on any atom is 0.253 e. The Morgan fingerprint density at radius 2 is 2.09 bits per heavy atom. The summed E-state index contributed by atoms with van der Waals surface area (Å²) in [6, 6.07) is 10.4. The van der Waals surface area contributed by atoms with Gasteiger partial charge in [0.15, 0.2) is 0 Å². The smallest absolute Gasteiger partial charge is 0.253 e. The molecule has 2 heterocycles. The van der Waals surface area contributed by atoms with Gasteiger partial charge in [0.05, 0.1) is 12.7 Å². The number of morpholine rings is 1. The SMILES string of the molecule is CO[C@H]1CCCN(C(=O)[C@H]2CN(Cc3ccccc3)CCO2)C1. The summed E-state index contributed by atoms with van der Waals surface area (Å²) >= 11 is 0. The van der Waals surface area contributed by atoms with E-state index < -0.39 is 0 Å². The molecule has 0 bridgehead atoms. The Morgan fingerprint density at radius 1 is 1.26 bits per heavy atom. The second kappa shape index (κ2) is 7.90. The topological polar surface area (TPSA) is 42.0 Å². The van der Waals surface area contributed by atoms with Crippen molar-refractivity contribution in [3.63, 3.8) is 0 Å². The van der Waals surface area contributed by atoms with Crippen molar-refractivity contribution in [1.82, 2.24) is 9.80 Å². The van der Waals surface area contributed by atoms with Crippen molar-refractivity contribution in [3.05, 3.63) is 35.9 Å². The highest BCUT2D eigenvalue weighted by Crippen LogP contribution is 2.17. The minimum atomic E-state index is -0.344. The summed E-state index contributed by atoms with van der Waals surface area (Å²) in [7, 11) is 1.72. The second-order valence-corrected chi connectivity index (χ2v) is 6.36. The molecule has 0 radical (unpaired) electrons. The first-order chi connectivity index (χ1) is 11.3. The molecule has 2 aliphatic heterocycles. The average Bonchev–Trinajstić information content (AvgIpc) is 2.62. The molecule has 3 rings (SSSR count). The zero-order valence-corrected chi connectivity index (χ0v) is 13.8. The molecule has 1 aromatic carbocycles. The second-order valence-electron chi connectivity index (χ2n) is 6.36. The molecule has 2 fully saturated rings. The summed E-state index contributed by atoms with van der Waals surface area (Å²) in [6.45, 7) is 4.53. The fourth-order valence-electron chi connectivity index (χ4n) is 3.37. The minimum Gasteiger partial charge on any atom is -0.380 e. The van der Waals surface area contributed by atoms with E-state index in [1.807, 2.05) is 11.0 Å². The lowest BCUT2D eigenvalue weighted by molar-refractivity contribution is -0.153. The lowest BCUT2D eigenvalue weighted by Crippen LogP contribution is -2.53. The van der Waals surface area contributed by atoms with Crippen LogP contribution in [0.4, 0.5) is 0 Å². The van der Waals surface area contributed by atoms with Crippen molar-refractivity contribution >= 4 is 5.91 Å². The van der Waals surface area contributed by atoms with Crippen molar-refractivity contribution < 1.29 is 14.3 Å². The number of hydrogen-bond acceptors (Lipinski definition) is 4. The van der Waals surface area contributed by atoms with Gasteiger partial charge in [-0.05, 0) is 18.4 Å². The van der Waals surface area contributed by atoms with E-state index in [2.05, 4.69) is 29.2 Å². The van der Waals surface area contributed by atoms with Crippen LogP contribution in [0.25, 0.3) is 0 Å².